The summed E-state index contributed by atoms with van der Waals surface area (Å²) in [6.45, 7) is 0.902. The molecule has 4 rings (SSSR count). The molecule has 1 aromatic heterocycles. The molecule has 0 saturated heterocycles. The van der Waals surface area contributed by atoms with E-state index in [-0.39, 0.29) is 24.2 Å². The van der Waals surface area contributed by atoms with Gasteiger partial charge in [0.25, 0.3) is 5.91 Å². The van der Waals surface area contributed by atoms with Gasteiger partial charge in [0.2, 0.25) is 5.92 Å². The van der Waals surface area contributed by atoms with Crippen molar-refractivity contribution in [1.82, 2.24) is 10.3 Å². The number of amides is 1. The van der Waals surface area contributed by atoms with Crippen LogP contribution in [0.5, 0.6) is 0 Å². The topological polar surface area (TPSA) is 51.2 Å². The Balaban J connectivity index is 1.55. The van der Waals surface area contributed by atoms with E-state index in [0.717, 1.165) is 34.9 Å². The Morgan fingerprint density at radius 3 is 2.82 bits per heavy atom. The maximum atomic E-state index is 13.3. The molecule has 2 aliphatic rings. The van der Waals surface area contributed by atoms with Gasteiger partial charge in [0.1, 0.15) is 0 Å². The quantitative estimate of drug-likeness (QED) is 0.765. The first-order valence-electron chi connectivity index (χ1n) is 9.65. The number of carbonyl (C=O) groups is 1. The number of nitrogens with one attached hydrogen (secondary N) is 1. The summed E-state index contributed by atoms with van der Waals surface area (Å²) in [6.07, 6.45) is 6.01. The number of allylic oxidation sites excluding steroid dienone is 2. The summed E-state index contributed by atoms with van der Waals surface area (Å²) in [5, 5.41) is 3.69. The number of hydrogen-bond donors (Lipinski definition) is 1. The molecule has 0 unspecified atom stereocenters. The molecule has 2 aliphatic carbocycles. The number of ether oxygens (including phenoxy) is 1. The first-order chi connectivity index (χ1) is 13.4. The summed E-state index contributed by atoms with van der Waals surface area (Å²) in [5.41, 5.74) is 3.34. The molecule has 1 aromatic carbocycles. The Morgan fingerprint density at radius 2 is 2.14 bits per heavy atom. The monoisotopic (exact) mass is 386 g/mol. The van der Waals surface area contributed by atoms with Crippen LogP contribution < -0.4 is 5.32 Å². The fourth-order valence-electron chi connectivity index (χ4n) is 4.47. The molecule has 148 valence electrons. The van der Waals surface area contributed by atoms with Crippen molar-refractivity contribution in [3.8, 4) is 0 Å². The van der Waals surface area contributed by atoms with E-state index >= 15 is 0 Å². The van der Waals surface area contributed by atoms with Gasteiger partial charge in [0.15, 0.2) is 0 Å². The summed E-state index contributed by atoms with van der Waals surface area (Å²) in [6, 6.07) is 7.75. The molecule has 1 heterocycles. The van der Waals surface area contributed by atoms with Crippen LogP contribution in [0.15, 0.2) is 36.5 Å². The number of alkyl halides is 2. The molecule has 0 aliphatic heterocycles. The van der Waals surface area contributed by atoms with Gasteiger partial charge in [-0.3, -0.25) is 9.78 Å². The van der Waals surface area contributed by atoms with Gasteiger partial charge >= 0.3 is 0 Å². The average molecular weight is 386 g/mol. The summed E-state index contributed by atoms with van der Waals surface area (Å²) < 4.78 is 31.6. The number of nitrogens with zero attached hydrogens (tertiary/aromatic N) is 1. The fraction of sp³-hybridized carbons (Fsp3) is 0.455. The number of para-hydroxylation sites is 1. The first-order valence-corrected chi connectivity index (χ1v) is 9.65. The van der Waals surface area contributed by atoms with Gasteiger partial charge in [-0.15, -0.1) is 0 Å². The lowest BCUT2D eigenvalue weighted by Crippen LogP contribution is -2.46. The van der Waals surface area contributed by atoms with Crippen LogP contribution in [-0.2, 0) is 4.74 Å². The Labute approximate surface area is 163 Å². The number of aromatic nitrogens is 1. The number of fused-ring (bicyclic) bond motifs is 1. The van der Waals surface area contributed by atoms with Crippen molar-refractivity contribution in [3.05, 3.63) is 47.7 Å². The van der Waals surface area contributed by atoms with Crippen molar-refractivity contribution in [3.63, 3.8) is 0 Å². The van der Waals surface area contributed by atoms with Gasteiger partial charge in [0.05, 0.1) is 17.7 Å². The summed E-state index contributed by atoms with van der Waals surface area (Å²) in [4.78, 5) is 16.8. The second-order valence-corrected chi connectivity index (χ2v) is 7.99. The van der Waals surface area contributed by atoms with E-state index in [9.17, 15) is 13.6 Å². The minimum atomic E-state index is -2.48. The smallest absolute Gasteiger partial charge is 0.252 e. The highest BCUT2D eigenvalue weighted by Gasteiger charge is 2.55. The zero-order chi connectivity index (χ0) is 19.8. The molecule has 1 spiro atoms. The van der Waals surface area contributed by atoms with Crippen LogP contribution in [0.1, 0.15) is 48.0 Å². The molecule has 0 radical (unpaired) electrons. The molecular formula is C22H24F2N2O2. The van der Waals surface area contributed by atoms with Gasteiger partial charge in [0, 0.05) is 43.6 Å². The third-order valence-electron chi connectivity index (χ3n) is 5.88. The zero-order valence-corrected chi connectivity index (χ0v) is 15.9. The number of halogens is 2. The molecule has 6 heteroatoms. The van der Waals surface area contributed by atoms with E-state index in [0.29, 0.717) is 25.1 Å². The van der Waals surface area contributed by atoms with Crippen LogP contribution in [0.3, 0.4) is 0 Å². The molecule has 4 nitrogen and oxygen atoms in total. The number of pyridine rings is 1. The maximum Gasteiger partial charge on any atom is 0.252 e. The highest BCUT2D eigenvalue weighted by Crippen LogP contribution is 2.59. The van der Waals surface area contributed by atoms with Gasteiger partial charge < -0.3 is 10.1 Å². The molecule has 2 aromatic rings. The molecule has 0 atom stereocenters. The molecule has 28 heavy (non-hydrogen) atoms. The van der Waals surface area contributed by atoms with E-state index in [1.54, 1.807) is 13.3 Å². The van der Waals surface area contributed by atoms with Crippen molar-refractivity contribution < 1.29 is 18.3 Å². The molecule has 1 fully saturated rings. The number of benzene rings is 1. The Bertz CT molecular complexity index is 931. The summed E-state index contributed by atoms with van der Waals surface area (Å²) in [5.74, 6) is -2.66. The largest absolute Gasteiger partial charge is 0.383 e. The molecule has 1 amide bonds. The second-order valence-electron chi connectivity index (χ2n) is 7.99. The lowest BCUT2D eigenvalue weighted by Gasteiger charge is -2.49. The van der Waals surface area contributed by atoms with E-state index in [1.807, 2.05) is 24.3 Å². The molecule has 1 saturated carbocycles. The lowest BCUT2D eigenvalue weighted by molar-refractivity contribution is -0.163. The first kappa shape index (κ1) is 19.0. The molecular weight excluding hydrogens is 362 g/mol. The highest BCUT2D eigenvalue weighted by atomic mass is 19.3. The van der Waals surface area contributed by atoms with Crippen LogP contribution in [0.25, 0.3) is 16.5 Å². The van der Waals surface area contributed by atoms with E-state index < -0.39 is 5.92 Å². The van der Waals surface area contributed by atoms with Crippen molar-refractivity contribution in [2.24, 2.45) is 5.41 Å². The van der Waals surface area contributed by atoms with Crippen LogP contribution in [0, 0.1) is 5.41 Å². The number of rotatable bonds is 5. The molecule has 1 N–H and O–H groups in total. The van der Waals surface area contributed by atoms with Crippen molar-refractivity contribution in [2.45, 2.75) is 38.0 Å². The van der Waals surface area contributed by atoms with E-state index in [4.69, 9.17) is 4.74 Å². The van der Waals surface area contributed by atoms with Crippen LogP contribution in [-0.4, -0.2) is 37.1 Å². The van der Waals surface area contributed by atoms with Crippen LogP contribution in [0.4, 0.5) is 8.78 Å². The average Bonchev–Trinajstić information content (AvgIpc) is 2.66. The third-order valence-corrected chi connectivity index (χ3v) is 5.88. The third kappa shape index (κ3) is 3.65. The van der Waals surface area contributed by atoms with Crippen molar-refractivity contribution in [2.75, 3.05) is 20.3 Å². The zero-order valence-electron chi connectivity index (χ0n) is 15.9. The normalized spacial score (nSPS) is 19.9. The van der Waals surface area contributed by atoms with Crippen LogP contribution in [0.2, 0.25) is 0 Å². The minimum Gasteiger partial charge on any atom is -0.383 e. The van der Waals surface area contributed by atoms with Gasteiger partial charge in [-0.1, -0.05) is 24.3 Å². The number of hydrogen-bond acceptors (Lipinski definition) is 3. The van der Waals surface area contributed by atoms with Gasteiger partial charge in [-0.2, -0.15) is 0 Å². The standard InChI is InChI=1S/C22H24F2N2O2/c1-28-10-9-25-20(27)17-11-16-3-2-4-18(19(16)26-12-17)15-5-7-21(8-6-15)13-22(23,24)14-21/h2-5,11-12H,6-10,13-14H2,1H3,(H,25,27). The minimum absolute atomic E-state index is 0.0130. The Morgan fingerprint density at radius 1 is 1.32 bits per heavy atom. The highest BCUT2D eigenvalue weighted by molar-refractivity contribution is 5.99. The van der Waals surface area contributed by atoms with Crippen molar-refractivity contribution >= 4 is 22.4 Å². The Hall–Kier alpha value is -2.34. The second kappa shape index (κ2) is 7.24. The Kier molecular flexibility index (Phi) is 4.91. The van der Waals surface area contributed by atoms with Crippen molar-refractivity contribution in [1.29, 1.82) is 0 Å². The van der Waals surface area contributed by atoms with E-state index in [1.165, 1.54) is 0 Å². The summed E-state index contributed by atoms with van der Waals surface area (Å²) >= 11 is 0. The maximum absolute atomic E-state index is 13.3. The SMILES string of the molecule is COCCNC(=O)c1cnc2c(C3=CCC4(CC3)CC(F)(F)C4)cccc2c1. The number of carbonyl (C=O) groups excluding carboxylic acids is 1. The van der Waals surface area contributed by atoms with Gasteiger partial charge in [-0.25, -0.2) is 8.78 Å². The van der Waals surface area contributed by atoms with E-state index in [2.05, 4.69) is 16.4 Å². The number of methoxy groups -OCH3 is 1. The fourth-order valence-corrected chi connectivity index (χ4v) is 4.47. The van der Waals surface area contributed by atoms with Gasteiger partial charge in [-0.05, 0) is 36.3 Å². The predicted molar refractivity (Wildman–Crippen MR) is 104 cm³/mol. The lowest BCUT2D eigenvalue weighted by atomic mass is 9.59. The predicted octanol–water partition coefficient (Wildman–Crippen LogP) is 4.59. The summed E-state index contributed by atoms with van der Waals surface area (Å²) in [7, 11) is 1.59. The van der Waals surface area contributed by atoms with Crippen LogP contribution >= 0.6 is 0 Å². The molecule has 0 bridgehead atoms.